The third kappa shape index (κ3) is 3.71. The molecule has 0 aliphatic carbocycles. The SMILES string of the molecule is Brc1ccc2oc3ccc(I)cc3c2c1.Brc1ccc2oc3ccccc3c2c1. The Bertz CT molecular complexity index is 1440. The van der Waals surface area contributed by atoms with E-state index in [1.807, 2.05) is 48.5 Å². The second-order valence-corrected chi connectivity index (χ2v) is 9.70. The Kier molecular flexibility index (Phi) is 5.14. The maximum absolute atomic E-state index is 5.74. The predicted molar refractivity (Wildman–Crippen MR) is 136 cm³/mol. The zero-order chi connectivity index (χ0) is 20.0. The molecule has 2 heterocycles. The molecule has 6 aromatic rings. The summed E-state index contributed by atoms with van der Waals surface area (Å²) in [6, 6.07) is 26.4. The largest absolute Gasteiger partial charge is 0.456 e. The van der Waals surface area contributed by atoms with Crippen molar-refractivity contribution in [2.24, 2.45) is 0 Å². The number of para-hydroxylation sites is 1. The molecule has 0 spiro atoms. The van der Waals surface area contributed by atoms with Crippen LogP contribution in [0.2, 0.25) is 0 Å². The molecule has 2 aromatic heterocycles. The molecule has 0 aliphatic rings. The standard InChI is InChI=1S/C12H6BrIO.C12H7BrO/c13-7-1-3-11-9(5-7)10-6-8(14)2-4-12(10)15-11;13-8-5-6-12-10(7-8)9-3-1-2-4-11(9)14-12/h1-6H;1-7H. The first kappa shape index (κ1) is 19.2. The van der Waals surface area contributed by atoms with E-state index >= 15 is 0 Å². The van der Waals surface area contributed by atoms with Crippen LogP contribution in [0.3, 0.4) is 0 Å². The van der Waals surface area contributed by atoms with Gasteiger partial charge in [0, 0.05) is 34.1 Å². The number of rotatable bonds is 0. The van der Waals surface area contributed by atoms with Crippen LogP contribution in [0.1, 0.15) is 0 Å². The van der Waals surface area contributed by atoms with E-state index in [0.29, 0.717) is 0 Å². The van der Waals surface area contributed by atoms with Gasteiger partial charge in [-0.3, -0.25) is 0 Å². The Hall–Kier alpha value is -1.83. The lowest BCUT2D eigenvalue weighted by Gasteiger charge is -1.91. The van der Waals surface area contributed by atoms with E-state index in [1.54, 1.807) is 0 Å². The minimum Gasteiger partial charge on any atom is -0.456 e. The fourth-order valence-corrected chi connectivity index (χ4v) is 4.63. The van der Waals surface area contributed by atoms with Crippen LogP contribution >= 0.6 is 54.5 Å². The fourth-order valence-electron chi connectivity index (χ4n) is 3.42. The third-order valence-electron chi connectivity index (χ3n) is 4.73. The van der Waals surface area contributed by atoms with E-state index in [9.17, 15) is 0 Å². The summed E-state index contributed by atoms with van der Waals surface area (Å²) < 4.78 is 14.8. The van der Waals surface area contributed by atoms with Gasteiger partial charge in [-0.15, -0.1) is 0 Å². The molecule has 0 bridgehead atoms. The van der Waals surface area contributed by atoms with E-state index in [-0.39, 0.29) is 0 Å². The molecule has 4 aromatic carbocycles. The highest BCUT2D eigenvalue weighted by molar-refractivity contribution is 14.1. The van der Waals surface area contributed by atoms with Gasteiger partial charge in [0.05, 0.1) is 0 Å². The molecular formula is C24H13Br2IO2. The molecule has 0 fully saturated rings. The Balaban J connectivity index is 0.000000125. The zero-order valence-electron chi connectivity index (χ0n) is 15.0. The molecule has 0 aliphatic heterocycles. The Morgan fingerprint density at radius 1 is 0.517 bits per heavy atom. The number of benzene rings is 4. The van der Waals surface area contributed by atoms with E-state index in [2.05, 4.69) is 84.8 Å². The first-order valence-corrected chi connectivity index (χ1v) is 11.6. The monoisotopic (exact) mass is 618 g/mol. The van der Waals surface area contributed by atoms with Crippen LogP contribution in [-0.2, 0) is 0 Å². The summed E-state index contributed by atoms with van der Waals surface area (Å²) in [5.74, 6) is 0. The predicted octanol–water partition coefficient (Wildman–Crippen LogP) is 9.30. The summed E-state index contributed by atoms with van der Waals surface area (Å²) in [6.07, 6.45) is 0. The van der Waals surface area contributed by atoms with Crippen LogP contribution in [0.25, 0.3) is 43.9 Å². The molecule has 0 saturated carbocycles. The molecule has 0 unspecified atom stereocenters. The molecule has 0 N–H and O–H groups in total. The first-order valence-electron chi connectivity index (χ1n) is 8.92. The first-order chi connectivity index (χ1) is 14.1. The Labute approximate surface area is 197 Å². The summed E-state index contributed by atoms with van der Waals surface area (Å²) in [7, 11) is 0. The van der Waals surface area contributed by atoms with Crippen molar-refractivity contribution in [3.8, 4) is 0 Å². The molecule has 29 heavy (non-hydrogen) atoms. The van der Waals surface area contributed by atoms with Crippen molar-refractivity contribution in [1.82, 2.24) is 0 Å². The minimum absolute atomic E-state index is 0.939. The maximum Gasteiger partial charge on any atom is 0.135 e. The normalized spacial score (nSPS) is 11.3. The quantitative estimate of drug-likeness (QED) is 0.158. The van der Waals surface area contributed by atoms with E-state index in [0.717, 1.165) is 42.0 Å². The van der Waals surface area contributed by atoms with Gasteiger partial charge in [0.25, 0.3) is 0 Å². The van der Waals surface area contributed by atoms with Gasteiger partial charge >= 0.3 is 0 Å². The molecule has 0 saturated heterocycles. The average molecular weight is 620 g/mol. The molecule has 142 valence electrons. The van der Waals surface area contributed by atoms with Gasteiger partial charge in [-0.05, 0) is 83.3 Å². The van der Waals surface area contributed by atoms with Crippen molar-refractivity contribution >= 4 is 98.3 Å². The van der Waals surface area contributed by atoms with Crippen LogP contribution in [0.4, 0.5) is 0 Å². The van der Waals surface area contributed by atoms with Crippen molar-refractivity contribution < 1.29 is 8.83 Å². The zero-order valence-corrected chi connectivity index (χ0v) is 20.3. The van der Waals surface area contributed by atoms with Crippen LogP contribution in [0.15, 0.2) is 96.6 Å². The molecule has 0 radical (unpaired) electrons. The number of fused-ring (bicyclic) bond motifs is 6. The maximum atomic E-state index is 5.74. The summed E-state index contributed by atoms with van der Waals surface area (Å²) in [6.45, 7) is 0. The lowest BCUT2D eigenvalue weighted by Crippen LogP contribution is -1.70. The number of furan rings is 2. The van der Waals surface area contributed by atoms with Gasteiger partial charge in [0.2, 0.25) is 0 Å². The van der Waals surface area contributed by atoms with Crippen LogP contribution in [0, 0.1) is 3.57 Å². The smallest absolute Gasteiger partial charge is 0.135 e. The summed E-state index contributed by atoms with van der Waals surface area (Å²) >= 11 is 9.25. The summed E-state index contributed by atoms with van der Waals surface area (Å²) in [4.78, 5) is 0. The third-order valence-corrected chi connectivity index (χ3v) is 6.39. The van der Waals surface area contributed by atoms with Gasteiger partial charge in [0.1, 0.15) is 22.3 Å². The highest BCUT2D eigenvalue weighted by atomic mass is 127. The second-order valence-electron chi connectivity index (χ2n) is 6.62. The fraction of sp³-hybridized carbons (Fsp3) is 0. The Morgan fingerprint density at radius 3 is 1.66 bits per heavy atom. The Morgan fingerprint density at radius 2 is 1.00 bits per heavy atom. The van der Waals surface area contributed by atoms with Gasteiger partial charge in [-0.25, -0.2) is 0 Å². The number of hydrogen-bond acceptors (Lipinski definition) is 2. The van der Waals surface area contributed by atoms with Gasteiger partial charge in [-0.1, -0.05) is 50.1 Å². The highest BCUT2D eigenvalue weighted by Gasteiger charge is 2.07. The van der Waals surface area contributed by atoms with Gasteiger partial charge in [0.15, 0.2) is 0 Å². The highest BCUT2D eigenvalue weighted by Crippen LogP contribution is 2.32. The molecule has 5 heteroatoms. The van der Waals surface area contributed by atoms with Gasteiger partial charge in [-0.2, -0.15) is 0 Å². The lowest BCUT2D eigenvalue weighted by molar-refractivity contribution is 0.668. The van der Waals surface area contributed by atoms with E-state index in [1.165, 1.54) is 14.3 Å². The van der Waals surface area contributed by atoms with Crippen molar-refractivity contribution in [2.45, 2.75) is 0 Å². The van der Waals surface area contributed by atoms with Crippen LogP contribution in [0.5, 0.6) is 0 Å². The summed E-state index contributed by atoms with van der Waals surface area (Å²) in [5.41, 5.74) is 3.77. The molecule has 0 atom stereocenters. The second kappa shape index (κ2) is 7.78. The molecule has 0 amide bonds. The van der Waals surface area contributed by atoms with Crippen molar-refractivity contribution in [1.29, 1.82) is 0 Å². The van der Waals surface area contributed by atoms with Gasteiger partial charge < -0.3 is 8.83 Å². The van der Waals surface area contributed by atoms with Crippen molar-refractivity contribution in [2.75, 3.05) is 0 Å². The molecular weight excluding hydrogens is 607 g/mol. The average Bonchev–Trinajstić information content (AvgIpc) is 3.26. The lowest BCUT2D eigenvalue weighted by atomic mass is 10.2. The summed E-state index contributed by atoms with van der Waals surface area (Å²) in [5, 5.41) is 4.68. The van der Waals surface area contributed by atoms with Crippen LogP contribution < -0.4 is 0 Å². The van der Waals surface area contributed by atoms with Crippen molar-refractivity contribution in [3.05, 3.63) is 91.4 Å². The number of hydrogen-bond donors (Lipinski definition) is 0. The number of halogens is 3. The van der Waals surface area contributed by atoms with E-state index in [4.69, 9.17) is 8.83 Å². The molecule has 6 rings (SSSR count). The minimum atomic E-state index is 0.939. The molecule has 2 nitrogen and oxygen atoms in total. The topological polar surface area (TPSA) is 26.3 Å². The van der Waals surface area contributed by atoms with E-state index < -0.39 is 0 Å². The van der Waals surface area contributed by atoms with Crippen molar-refractivity contribution in [3.63, 3.8) is 0 Å². The van der Waals surface area contributed by atoms with Crippen LogP contribution in [-0.4, -0.2) is 0 Å².